The van der Waals surface area contributed by atoms with Crippen LogP contribution in [0.3, 0.4) is 0 Å². The highest BCUT2D eigenvalue weighted by Gasteiger charge is 2.18. The molecule has 1 aromatic carbocycles. The number of sulfone groups is 1. The Morgan fingerprint density at radius 1 is 1.33 bits per heavy atom. The maximum atomic E-state index is 13.1. The summed E-state index contributed by atoms with van der Waals surface area (Å²) in [5.41, 5.74) is 0. The van der Waals surface area contributed by atoms with Crippen molar-refractivity contribution in [3.8, 4) is 5.75 Å². The molecule has 0 radical (unpaired) electrons. The van der Waals surface area contributed by atoms with E-state index >= 15 is 0 Å². The van der Waals surface area contributed by atoms with Crippen LogP contribution in [0.2, 0.25) is 0 Å². The Morgan fingerprint density at radius 2 is 2.00 bits per heavy atom. The maximum Gasteiger partial charge on any atom is 0.306 e. The molecule has 0 saturated heterocycles. The number of hydrogen-bond donors (Lipinski definition) is 0. The molecular formula is C11H13FO5S. The molecular weight excluding hydrogens is 263 g/mol. The number of hydrogen-bond acceptors (Lipinski definition) is 5. The average molecular weight is 276 g/mol. The Morgan fingerprint density at radius 3 is 2.56 bits per heavy atom. The van der Waals surface area contributed by atoms with E-state index in [1.165, 1.54) is 14.2 Å². The number of ether oxygens (including phenoxy) is 2. The average Bonchev–Trinajstić information content (AvgIpc) is 2.36. The molecule has 0 spiro atoms. The molecule has 5 nitrogen and oxygen atoms in total. The van der Waals surface area contributed by atoms with Gasteiger partial charge in [0.25, 0.3) is 0 Å². The zero-order valence-electron chi connectivity index (χ0n) is 9.97. The Bertz CT molecular complexity index is 538. The Kier molecular flexibility index (Phi) is 4.66. The summed E-state index contributed by atoms with van der Waals surface area (Å²) in [6, 6.07) is 3.22. The van der Waals surface area contributed by atoms with Crippen molar-refractivity contribution < 1.29 is 27.1 Å². The third kappa shape index (κ3) is 3.43. The maximum absolute atomic E-state index is 13.1. The number of carbonyl (C=O) groups excluding carboxylic acids is 1. The van der Waals surface area contributed by atoms with Crippen molar-refractivity contribution in [2.24, 2.45) is 0 Å². The lowest BCUT2D eigenvalue weighted by Gasteiger charge is -2.06. The second-order valence-electron chi connectivity index (χ2n) is 3.44. The van der Waals surface area contributed by atoms with Crippen LogP contribution in [0.25, 0.3) is 0 Å². The van der Waals surface area contributed by atoms with Gasteiger partial charge in [-0.1, -0.05) is 0 Å². The van der Waals surface area contributed by atoms with E-state index in [9.17, 15) is 17.6 Å². The fourth-order valence-corrected chi connectivity index (χ4v) is 2.50. The van der Waals surface area contributed by atoms with Crippen LogP contribution in [0.15, 0.2) is 23.1 Å². The fraction of sp³-hybridized carbons (Fsp3) is 0.364. The van der Waals surface area contributed by atoms with Crippen LogP contribution in [-0.2, 0) is 19.4 Å². The highest BCUT2D eigenvalue weighted by molar-refractivity contribution is 7.91. The minimum Gasteiger partial charge on any atom is -0.494 e. The van der Waals surface area contributed by atoms with Crippen molar-refractivity contribution in [3.05, 3.63) is 24.0 Å². The monoisotopic (exact) mass is 276 g/mol. The summed E-state index contributed by atoms with van der Waals surface area (Å²) in [5.74, 6) is -1.82. The molecule has 0 fully saturated rings. The SMILES string of the molecule is COC(=O)CCS(=O)(=O)c1ccc(F)c(OC)c1. The highest BCUT2D eigenvalue weighted by atomic mass is 32.2. The predicted molar refractivity (Wildman–Crippen MR) is 61.6 cm³/mol. The van der Waals surface area contributed by atoms with Crippen molar-refractivity contribution in [3.63, 3.8) is 0 Å². The quantitative estimate of drug-likeness (QED) is 0.596. The van der Waals surface area contributed by atoms with Crippen LogP contribution in [0.1, 0.15) is 6.42 Å². The van der Waals surface area contributed by atoms with Gasteiger partial charge in [-0.2, -0.15) is 0 Å². The molecule has 0 unspecified atom stereocenters. The molecule has 18 heavy (non-hydrogen) atoms. The number of methoxy groups -OCH3 is 2. The van der Waals surface area contributed by atoms with Crippen molar-refractivity contribution in [2.75, 3.05) is 20.0 Å². The summed E-state index contributed by atoms with van der Waals surface area (Å²) in [4.78, 5) is 10.8. The molecule has 0 N–H and O–H groups in total. The van der Waals surface area contributed by atoms with Gasteiger partial charge in [0.05, 0.1) is 31.3 Å². The Balaban J connectivity index is 2.95. The van der Waals surface area contributed by atoms with Crippen LogP contribution in [0, 0.1) is 5.82 Å². The highest BCUT2D eigenvalue weighted by Crippen LogP contribution is 2.22. The van der Waals surface area contributed by atoms with Gasteiger partial charge in [0.1, 0.15) is 0 Å². The van der Waals surface area contributed by atoms with Gasteiger partial charge in [-0.05, 0) is 12.1 Å². The van der Waals surface area contributed by atoms with Crippen molar-refractivity contribution in [1.82, 2.24) is 0 Å². The molecule has 1 aromatic rings. The molecule has 0 bridgehead atoms. The zero-order valence-corrected chi connectivity index (χ0v) is 10.8. The second kappa shape index (κ2) is 5.81. The third-order valence-corrected chi connectivity index (χ3v) is 4.00. The molecule has 100 valence electrons. The van der Waals surface area contributed by atoms with Gasteiger partial charge in [-0.3, -0.25) is 4.79 Å². The minimum atomic E-state index is -3.66. The molecule has 0 atom stereocenters. The fourth-order valence-electron chi connectivity index (χ4n) is 1.27. The summed E-state index contributed by atoms with van der Waals surface area (Å²) in [7, 11) is -1.25. The van der Waals surface area contributed by atoms with Gasteiger partial charge in [-0.15, -0.1) is 0 Å². The molecule has 1 rings (SSSR count). The first-order valence-corrected chi connectivity index (χ1v) is 6.69. The number of esters is 1. The first-order valence-electron chi connectivity index (χ1n) is 5.04. The first-order chi connectivity index (χ1) is 8.40. The lowest BCUT2D eigenvalue weighted by Crippen LogP contribution is -2.12. The topological polar surface area (TPSA) is 69.7 Å². The van der Waals surface area contributed by atoms with Crippen LogP contribution in [0.5, 0.6) is 5.75 Å². The summed E-state index contributed by atoms with van der Waals surface area (Å²) in [5, 5.41) is 0. The first kappa shape index (κ1) is 14.4. The van der Waals surface area contributed by atoms with E-state index in [1.54, 1.807) is 0 Å². The van der Waals surface area contributed by atoms with Crippen molar-refractivity contribution >= 4 is 15.8 Å². The lowest BCUT2D eigenvalue weighted by molar-refractivity contribution is -0.140. The van der Waals surface area contributed by atoms with Gasteiger partial charge in [0.15, 0.2) is 21.4 Å². The van der Waals surface area contributed by atoms with Gasteiger partial charge in [-0.25, -0.2) is 12.8 Å². The summed E-state index contributed by atoms with van der Waals surface area (Å²) < 4.78 is 45.9. The summed E-state index contributed by atoms with van der Waals surface area (Å²) in [6.07, 6.45) is -0.251. The zero-order chi connectivity index (χ0) is 13.8. The predicted octanol–water partition coefficient (Wildman–Crippen LogP) is 1.17. The lowest BCUT2D eigenvalue weighted by atomic mass is 10.3. The molecule has 0 aliphatic heterocycles. The summed E-state index contributed by atoms with van der Waals surface area (Å²) >= 11 is 0. The van der Waals surface area contributed by atoms with Crippen LogP contribution < -0.4 is 4.74 Å². The standard InChI is InChI=1S/C11H13FO5S/c1-16-10-7-8(3-4-9(10)12)18(14,15)6-5-11(13)17-2/h3-4,7H,5-6H2,1-2H3. The van der Waals surface area contributed by atoms with E-state index in [4.69, 9.17) is 4.74 Å². The van der Waals surface area contributed by atoms with Gasteiger partial charge >= 0.3 is 5.97 Å². The van der Waals surface area contributed by atoms with Crippen LogP contribution in [-0.4, -0.2) is 34.4 Å². The molecule has 0 saturated carbocycles. The van der Waals surface area contributed by atoms with E-state index in [2.05, 4.69) is 4.74 Å². The molecule has 7 heteroatoms. The van der Waals surface area contributed by atoms with E-state index < -0.39 is 27.4 Å². The molecule has 0 aromatic heterocycles. The van der Waals surface area contributed by atoms with E-state index in [0.717, 1.165) is 18.2 Å². The van der Waals surface area contributed by atoms with Gasteiger partial charge in [0, 0.05) is 6.07 Å². The number of benzene rings is 1. The molecule has 0 aliphatic rings. The van der Waals surface area contributed by atoms with Crippen molar-refractivity contribution in [2.45, 2.75) is 11.3 Å². The molecule has 0 amide bonds. The van der Waals surface area contributed by atoms with E-state index in [0.29, 0.717) is 0 Å². The normalized spacial score (nSPS) is 11.1. The number of halogens is 1. The minimum absolute atomic E-state index is 0.0929. The van der Waals surface area contributed by atoms with Gasteiger partial charge < -0.3 is 9.47 Å². The van der Waals surface area contributed by atoms with Gasteiger partial charge in [0.2, 0.25) is 0 Å². The van der Waals surface area contributed by atoms with E-state index in [-0.39, 0.29) is 17.1 Å². The summed E-state index contributed by atoms with van der Waals surface area (Å²) in [6.45, 7) is 0. The third-order valence-electron chi connectivity index (χ3n) is 2.28. The van der Waals surface area contributed by atoms with Crippen LogP contribution in [0.4, 0.5) is 4.39 Å². The molecule has 0 aliphatic carbocycles. The van der Waals surface area contributed by atoms with E-state index in [1.807, 2.05) is 0 Å². The number of carbonyl (C=O) groups is 1. The smallest absolute Gasteiger partial charge is 0.306 e. The largest absolute Gasteiger partial charge is 0.494 e. The van der Waals surface area contributed by atoms with Crippen LogP contribution >= 0.6 is 0 Å². The molecule has 0 heterocycles. The Hall–Kier alpha value is -1.63. The Labute approximate surface area is 104 Å². The second-order valence-corrected chi connectivity index (χ2v) is 5.55. The number of rotatable bonds is 5. The van der Waals surface area contributed by atoms with Crippen molar-refractivity contribution in [1.29, 1.82) is 0 Å².